The number of nitrogens with zero attached hydrogens (tertiary/aromatic N) is 3. The summed E-state index contributed by atoms with van der Waals surface area (Å²) in [6.07, 6.45) is 4.39. The van der Waals surface area contributed by atoms with Crippen molar-refractivity contribution in [1.82, 2.24) is 15.0 Å². The Balaban J connectivity index is 2.24. The van der Waals surface area contributed by atoms with Crippen LogP contribution in [0, 0.1) is 0 Å². The summed E-state index contributed by atoms with van der Waals surface area (Å²) in [5.74, 6) is -0.716. The minimum absolute atomic E-state index is 0.0372. The first-order valence-corrected chi connectivity index (χ1v) is 5.29. The van der Waals surface area contributed by atoms with Crippen LogP contribution in [-0.4, -0.2) is 26.0 Å². The molecule has 0 saturated heterocycles. The Bertz CT molecular complexity index is 562. The van der Waals surface area contributed by atoms with Crippen molar-refractivity contribution >= 4 is 21.9 Å². The molecule has 0 aromatic carbocycles. The number of carbonyl (C=O) groups is 1. The third kappa shape index (κ3) is 2.97. The molecule has 0 unspecified atom stereocenters. The fraction of sp³-hybridized carbons (Fsp3) is 0. The van der Waals surface area contributed by atoms with Crippen LogP contribution in [0.1, 0.15) is 10.5 Å². The predicted molar refractivity (Wildman–Crippen MR) is 61.0 cm³/mol. The molecule has 2 heterocycles. The van der Waals surface area contributed by atoms with Crippen molar-refractivity contribution < 1.29 is 14.6 Å². The van der Waals surface area contributed by atoms with Gasteiger partial charge in [0.1, 0.15) is 0 Å². The second-order valence-corrected chi connectivity index (χ2v) is 3.89. The first kappa shape index (κ1) is 11.5. The van der Waals surface area contributed by atoms with E-state index in [1.807, 2.05) is 0 Å². The van der Waals surface area contributed by atoms with E-state index in [1.54, 1.807) is 12.3 Å². The molecule has 0 radical (unpaired) electrons. The maximum absolute atomic E-state index is 10.7. The molecular weight excluding hydrogens is 290 g/mol. The van der Waals surface area contributed by atoms with E-state index >= 15 is 0 Å². The fourth-order valence-electron chi connectivity index (χ4n) is 1.06. The monoisotopic (exact) mass is 295 g/mol. The summed E-state index contributed by atoms with van der Waals surface area (Å²) in [7, 11) is 0. The molecule has 17 heavy (non-hydrogen) atoms. The highest BCUT2D eigenvalue weighted by Gasteiger charge is 2.07. The van der Waals surface area contributed by atoms with Crippen molar-refractivity contribution in [3.05, 3.63) is 40.9 Å². The van der Waals surface area contributed by atoms with Crippen LogP contribution < -0.4 is 4.74 Å². The number of hydrogen-bond acceptors (Lipinski definition) is 5. The number of aromatic nitrogens is 3. The van der Waals surface area contributed by atoms with E-state index < -0.39 is 5.97 Å². The van der Waals surface area contributed by atoms with E-state index in [9.17, 15) is 4.79 Å². The Kier molecular flexibility index (Phi) is 3.29. The quantitative estimate of drug-likeness (QED) is 0.933. The van der Waals surface area contributed by atoms with Gasteiger partial charge in [0.25, 0.3) is 0 Å². The van der Waals surface area contributed by atoms with E-state index in [4.69, 9.17) is 9.84 Å². The molecular formula is C10H6BrN3O3. The lowest BCUT2D eigenvalue weighted by molar-refractivity contribution is 0.0689. The van der Waals surface area contributed by atoms with Crippen molar-refractivity contribution in [2.45, 2.75) is 0 Å². The van der Waals surface area contributed by atoms with Crippen LogP contribution in [0.2, 0.25) is 0 Å². The first-order valence-electron chi connectivity index (χ1n) is 4.50. The van der Waals surface area contributed by atoms with Gasteiger partial charge in [0.15, 0.2) is 11.4 Å². The lowest BCUT2D eigenvalue weighted by Crippen LogP contribution is -2.02. The summed E-state index contributed by atoms with van der Waals surface area (Å²) in [4.78, 5) is 22.1. The van der Waals surface area contributed by atoms with Crippen molar-refractivity contribution in [1.29, 1.82) is 0 Å². The lowest BCUT2D eigenvalue weighted by Gasteiger charge is -2.03. The van der Waals surface area contributed by atoms with Crippen molar-refractivity contribution in [3.8, 4) is 11.8 Å². The van der Waals surface area contributed by atoms with Gasteiger partial charge >= 0.3 is 12.0 Å². The standard InChI is InChI=1S/C10H6BrN3O3/c11-6-3-7(5-12-4-6)17-10-13-2-1-8(14-10)9(15)16/h1-5H,(H,15,16). The van der Waals surface area contributed by atoms with Gasteiger partial charge < -0.3 is 9.84 Å². The van der Waals surface area contributed by atoms with Crippen LogP contribution in [0.15, 0.2) is 35.2 Å². The van der Waals surface area contributed by atoms with Crippen molar-refractivity contribution in [2.24, 2.45) is 0 Å². The Morgan fingerprint density at radius 1 is 1.41 bits per heavy atom. The third-order valence-electron chi connectivity index (χ3n) is 1.74. The number of aromatic carboxylic acids is 1. The Hall–Kier alpha value is -2.02. The number of ether oxygens (including phenoxy) is 1. The van der Waals surface area contributed by atoms with Crippen molar-refractivity contribution in [2.75, 3.05) is 0 Å². The normalized spacial score (nSPS) is 9.94. The molecule has 86 valence electrons. The molecule has 1 N–H and O–H groups in total. The molecule has 0 amide bonds. The van der Waals surface area contributed by atoms with Gasteiger partial charge in [-0.3, -0.25) is 4.98 Å². The molecule has 6 nitrogen and oxygen atoms in total. The molecule has 0 saturated carbocycles. The number of pyridine rings is 1. The van der Waals surface area contributed by atoms with Gasteiger partial charge in [-0.05, 0) is 28.1 Å². The second-order valence-electron chi connectivity index (χ2n) is 2.97. The summed E-state index contributed by atoms with van der Waals surface area (Å²) >= 11 is 3.24. The third-order valence-corrected chi connectivity index (χ3v) is 2.18. The summed E-state index contributed by atoms with van der Waals surface area (Å²) in [5.41, 5.74) is -0.127. The molecule has 2 aromatic heterocycles. The van der Waals surface area contributed by atoms with Gasteiger partial charge in [-0.15, -0.1) is 0 Å². The minimum Gasteiger partial charge on any atom is -0.477 e. The van der Waals surface area contributed by atoms with Crippen LogP contribution in [0.25, 0.3) is 0 Å². The number of hydrogen-bond donors (Lipinski definition) is 1. The average Bonchev–Trinajstić information content (AvgIpc) is 2.29. The molecule has 0 aliphatic heterocycles. The SMILES string of the molecule is O=C(O)c1ccnc(Oc2cncc(Br)c2)n1. The fourth-order valence-corrected chi connectivity index (χ4v) is 1.41. The van der Waals surface area contributed by atoms with E-state index in [0.717, 1.165) is 4.47 Å². The highest BCUT2D eigenvalue weighted by Crippen LogP contribution is 2.20. The zero-order valence-corrected chi connectivity index (χ0v) is 9.96. The number of carboxylic acids is 1. The van der Waals surface area contributed by atoms with E-state index in [0.29, 0.717) is 5.75 Å². The smallest absolute Gasteiger partial charge is 0.354 e. The topological polar surface area (TPSA) is 85.2 Å². The molecule has 0 aliphatic carbocycles. The van der Waals surface area contributed by atoms with Gasteiger partial charge in [-0.1, -0.05) is 0 Å². The van der Waals surface area contributed by atoms with Crippen LogP contribution in [0.4, 0.5) is 0 Å². The van der Waals surface area contributed by atoms with E-state index in [-0.39, 0.29) is 11.7 Å². The Morgan fingerprint density at radius 3 is 2.94 bits per heavy atom. The zero-order chi connectivity index (χ0) is 12.3. The predicted octanol–water partition coefficient (Wildman–Crippen LogP) is 2.12. The molecule has 7 heteroatoms. The largest absolute Gasteiger partial charge is 0.477 e. The molecule has 0 fully saturated rings. The van der Waals surface area contributed by atoms with Gasteiger partial charge in [0.05, 0.1) is 6.20 Å². The number of carboxylic acid groups (broad SMARTS) is 1. The molecule has 0 aliphatic rings. The van der Waals surface area contributed by atoms with Crippen LogP contribution in [-0.2, 0) is 0 Å². The number of halogens is 1. The van der Waals surface area contributed by atoms with E-state index in [1.165, 1.54) is 18.5 Å². The van der Waals surface area contributed by atoms with Crippen LogP contribution in [0.3, 0.4) is 0 Å². The Labute approximate surface area is 104 Å². The first-order chi connectivity index (χ1) is 8.15. The maximum Gasteiger partial charge on any atom is 0.354 e. The summed E-state index contributed by atoms with van der Waals surface area (Å²) in [5, 5.41) is 8.75. The van der Waals surface area contributed by atoms with Crippen LogP contribution in [0.5, 0.6) is 11.8 Å². The molecule has 0 atom stereocenters. The van der Waals surface area contributed by atoms with Crippen LogP contribution >= 0.6 is 15.9 Å². The second kappa shape index (κ2) is 4.88. The van der Waals surface area contributed by atoms with Gasteiger partial charge in [-0.25, -0.2) is 9.78 Å². The summed E-state index contributed by atoms with van der Waals surface area (Å²) < 4.78 is 6.01. The Morgan fingerprint density at radius 2 is 2.24 bits per heavy atom. The van der Waals surface area contributed by atoms with Gasteiger partial charge in [0, 0.05) is 16.9 Å². The summed E-state index contributed by atoms with van der Waals surface area (Å²) in [6, 6.07) is 2.92. The highest BCUT2D eigenvalue weighted by atomic mass is 79.9. The maximum atomic E-state index is 10.7. The van der Waals surface area contributed by atoms with Gasteiger partial charge in [0.2, 0.25) is 0 Å². The van der Waals surface area contributed by atoms with Crippen molar-refractivity contribution in [3.63, 3.8) is 0 Å². The molecule has 0 spiro atoms. The minimum atomic E-state index is -1.13. The number of rotatable bonds is 3. The lowest BCUT2D eigenvalue weighted by atomic mass is 10.4. The molecule has 2 aromatic rings. The van der Waals surface area contributed by atoms with Gasteiger partial charge in [-0.2, -0.15) is 4.98 Å². The average molecular weight is 296 g/mol. The van der Waals surface area contributed by atoms with E-state index in [2.05, 4.69) is 30.9 Å². The molecule has 2 rings (SSSR count). The molecule has 0 bridgehead atoms. The summed E-state index contributed by atoms with van der Waals surface area (Å²) in [6.45, 7) is 0. The highest BCUT2D eigenvalue weighted by molar-refractivity contribution is 9.10. The zero-order valence-electron chi connectivity index (χ0n) is 8.37.